The van der Waals surface area contributed by atoms with Crippen LogP contribution in [0.3, 0.4) is 0 Å². The fraction of sp³-hybridized carbons (Fsp3) is 0.938. The minimum absolute atomic E-state index is 0. The van der Waals surface area contributed by atoms with Gasteiger partial charge in [0.1, 0.15) is 6.10 Å². The molecular weight excluding hydrogens is 393 g/mol. The maximum Gasteiger partial charge on any atom is 0.194 e. The largest absolute Gasteiger partial charge is 0.376 e. The molecule has 2 saturated heterocycles. The summed E-state index contributed by atoms with van der Waals surface area (Å²) in [5, 5.41) is 3.45. The maximum absolute atomic E-state index is 5.69. The quantitative estimate of drug-likeness (QED) is 0.429. The summed E-state index contributed by atoms with van der Waals surface area (Å²) in [6, 6.07) is 0. The smallest absolute Gasteiger partial charge is 0.194 e. The molecule has 0 aromatic heterocycles. The Labute approximate surface area is 151 Å². The molecule has 1 saturated carbocycles. The molecule has 0 spiro atoms. The lowest BCUT2D eigenvalue weighted by Crippen LogP contribution is -2.41. The Morgan fingerprint density at radius 2 is 1.91 bits per heavy atom. The second kappa shape index (κ2) is 9.27. The van der Waals surface area contributed by atoms with E-state index >= 15 is 0 Å². The van der Waals surface area contributed by atoms with Crippen molar-refractivity contribution >= 4 is 29.9 Å². The van der Waals surface area contributed by atoms with Crippen molar-refractivity contribution in [2.45, 2.75) is 38.7 Å². The number of guanidine groups is 1. The minimum atomic E-state index is 0. The normalized spacial score (nSPS) is 32.3. The van der Waals surface area contributed by atoms with Gasteiger partial charge < -0.3 is 19.7 Å². The first kappa shape index (κ1) is 18.3. The van der Waals surface area contributed by atoms with Crippen molar-refractivity contribution in [3.05, 3.63) is 0 Å². The number of nitrogens with zero attached hydrogens (tertiary/aromatic N) is 2. The third kappa shape index (κ3) is 4.71. The van der Waals surface area contributed by atoms with Gasteiger partial charge in [-0.1, -0.05) is 12.8 Å². The SMILES string of the molecule is CCNC(=NCC1COCCO1)N1CC2CCCCC2C1.I. The van der Waals surface area contributed by atoms with E-state index in [4.69, 9.17) is 14.5 Å². The topological polar surface area (TPSA) is 46.1 Å². The van der Waals surface area contributed by atoms with Crippen LogP contribution in [0.4, 0.5) is 0 Å². The highest BCUT2D eigenvalue weighted by atomic mass is 127. The molecule has 0 aromatic carbocycles. The zero-order valence-electron chi connectivity index (χ0n) is 13.6. The van der Waals surface area contributed by atoms with Crippen LogP contribution in [0.1, 0.15) is 32.6 Å². The average Bonchev–Trinajstić information content (AvgIpc) is 2.96. The molecule has 3 atom stereocenters. The Bertz CT molecular complexity index is 347. The highest BCUT2D eigenvalue weighted by molar-refractivity contribution is 14.0. The number of halogens is 1. The summed E-state index contributed by atoms with van der Waals surface area (Å²) in [4.78, 5) is 7.27. The zero-order chi connectivity index (χ0) is 14.5. The average molecular weight is 423 g/mol. The standard InChI is InChI=1S/C16H29N3O2.HI/c1-2-17-16(18-9-15-12-20-7-8-21-15)19-10-13-5-3-4-6-14(13)11-19;/h13-15H,2-12H2,1H3,(H,17,18);1H. The third-order valence-corrected chi connectivity index (χ3v) is 4.94. The van der Waals surface area contributed by atoms with Gasteiger partial charge in [-0.15, -0.1) is 24.0 Å². The molecule has 1 N–H and O–H groups in total. The van der Waals surface area contributed by atoms with Crippen molar-refractivity contribution in [2.24, 2.45) is 16.8 Å². The van der Waals surface area contributed by atoms with Crippen LogP contribution < -0.4 is 5.32 Å². The van der Waals surface area contributed by atoms with Gasteiger partial charge in [-0.25, -0.2) is 0 Å². The number of ether oxygens (including phenoxy) is 2. The van der Waals surface area contributed by atoms with Crippen LogP contribution in [0.25, 0.3) is 0 Å². The summed E-state index contributed by atoms with van der Waals surface area (Å²) in [6.07, 6.45) is 5.75. The maximum atomic E-state index is 5.69. The lowest BCUT2D eigenvalue weighted by atomic mass is 9.82. The van der Waals surface area contributed by atoms with Gasteiger partial charge >= 0.3 is 0 Å². The van der Waals surface area contributed by atoms with Gasteiger partial charge in [0.05, 0.1) is 26.4 Å². The van der Waals surface area contributed by atoms with Crippen LogP contribution in [0, 0.1) is 11.8 Å². The van der Waals surface area contributed by atoms with Crippen LogP contribution in [0.5, 0.6) is 0 Å². The Hall–Kier alpha value is -0.0800. The number of hydrogen-bond acceptors (Lipinski definition) is 3. The Morgan fingerprint density at radius 1 is 1.18 bits per heavy atom. The second-order valence-corrected chi connectivity index (χ2v) is 6.47. The van der Waals surface area contributed by atoms with Crippen molar-refractivity contribution in [2.75, 3.05) is 46.0 Å². The molecule has 0 radical (unpaired) electrons. The van der Waals surface area contributed by atoms with Gasteiger partial charge in [0.2, 0.25) is 0 Å². The molecule has 0 amide bonds. The molecule has 3 fully saturated rings. The molecule has 0 aromatic rings. The summed E-state index contributed by atoms with van der Waals surface area (Å²) in [7, 11) is 0. The van der Waals surface area contributed by atoms with E-state index in [0.717, 1.165) is 30.9 Å². The summed E-state index contributed by atoms with van der Waals surface area (Å²) >= 11 is 0. The number of likely N-dealkylation sites (tertiary alicyclic amines) is 1. The van der Waals surface area contributed by atoms with E-state index in [1.807, 2.05) is 0 Å². The second-order valence-electron chi connectivity index (χ2n) is 6.47. The first-order chi connectivity index (χ1) is 10.4. The molecule has 6 heteroatoms. The summed E-state index contributed by atoms with van der Waals surface area (Å²) in [6.45, 7) is 8.21. The molecule has 22 heavy (non-hydrogen) atoms. The van der Waals surface area contributed by atoms with Gasteiger partial charge in [0.25, 0.3) is 0 Å². The van der Waals surface area contributed by atoms with Crippen molar-refractivity contribution < 1.29 is 9.47 Å². The lowest BCUT2D eigenvalue weighted by Gasteiger charge is -2.24. The molecule has 5 nitrogen and oxygen atoms in total. The van der Waals surface area contributed by atoms with E-state index in [9.17, 15) is 0 Å². The number of fused-ring (bicyclic) bond motifs is 1. The lowest BCUT2D eigenvalue weighted by molar-refractivity contribution is -0.0833. The minimum Gasteiger partial charge on any atom is -0.376 e. The van der Waals surface area contributed by atoms with Crippen LogP contribution in [-0.2, 0) is 9.47 Å². The Kier molecular flexibility index (Phi) is 7.70. The Morgan fingerprint density at radius 3 is 2.50 bits per heavy atom. The van der Waals surface area contributed by atoms with Gasteiger partial charge in [0, 0.05) is 19.6 Å². The van der Waals surface area contributed by atoms with E-state index in [1.165, 1.54) is 38.8 Å². The van der Waals surface area contributed by atoms with Crippen LogP contribution in [0.2, 0.25) is 0 Å². The molecule has 3 rings (SSSR count). The van der Waals surface area contributed by atoms with Crippen molar-refractivity contribution in [3.8, 4) is 0 Å². The van der Waals surface area contributed by atoms with Crippen molar-refractivity contribution in [1.29, 1.82) is 0 Å². The van der Waals surface area contributed by atoms with Crippen LogP contribution >= 0.6 is 24.0 Å². The number of hydrogen-bond donors (Lipinski definition) is 1. The zero-order valence-corrected chi connectivity index (χ0v) is 16.0. The molecular formula is C16H30IN3O2. The summed E-state index contributed by atoms with van der Waals surface area (Å²) < 4.78 is 11.1. The highest BCUT2D eigenvalue weighted by Crippen LogP contribution is 2.35. The monoisotopic (exact) mass is 423 g/mol. The number of aliphatic imine (C=N–C) groups is 1. The van der Waals surface area contributed by atoms with E-state index in [2.05, 4.69) is 17.1 Å². The Balaban J connectivity index is 0.00000176. The molecule has 2 heterocycles. The van der Waals surface area contributed by atoms with E-state index in [1.54, 1.807) is 0 Å². The number of nitrogens with one attached hydrogen (secondary N) is 1. The molecule has 128 valence electrons. The number of rotatable bonds is 3. The van der Waals surface area contributed by atoms with Gasteiger partial charge in [-0.05, 0) is 31.6 Å². The fourth-order valence-electron chi connectivity index (χ4n) is 3.83. The summed E-state index contributed by atoms with van der Waals surface area (Å²) in [5.41, 5.74) is 0. The molecule has 2 aliphatic heterocycles. The van der Waals surface area contributed by atoms with Gasteiger partial charge in [0.15, 0.2) is 5.96 Å². The first-order valence-corrected chi connectivity index (χ1v) is 8.59. The molecule has 3 unspecified atom stereocenters. The van der Waals surface area contributed by atoms with Crippen molar-refractivity contribution in [3.63, 3.8) is 0 Å². The van der Waals surface area contributed by atoms with E-state index < -0.39 is 0 Å². The molecule has 0 bridgehead atoms. The van der Waals surface area contributed by atoms with Gasteiger partial charge in [-0.3, -0.25) is 4.99 Å². The van der Waals surface area contributed by atoms with Crippen molar-refractivity contribution in [1.82, 2.24) is 10.2 Å². The van der Waals surface area contributed by atoms with E-state index in [0.29, 0.717) is 19.8 Å². The summed E-state index contributed by atoms with van der Waals surface area (Å²) in [5.74, 6) is 2.84. The molecule has 1 aliphatic carbocycles. The third-order valence-electron chi connectivity index (χ3n) is 4.94. The predicted molar refractivity (Wildman–Crippen MR) is 99.0 cm³/mol. The highest BCUT2D eigenvalue weighted by Gasteiger charge is 2.35. The van der Waals surface area contributed by atoms with Gasteiger partial charge in [-0.2, -0.15) is 0 Å². The van der Waals surface area contributed by atoms with Crippen LogP contribution in [0.15, 0.2) is 4.99 Å². The fourth-order valence-corrected chi connectivity index (χ4v) is 3.83. The van der Waals surface area contributed by atoms with Crippen LogP contribution in [-0.4, -0.2) is 63.0 Å². The predicted octanol–water partition coefficient (Wildman–Crippen LogP) is 2.11. The first-order valence-electron chi connectivity index (χ1n) is 8.59. The molecule has 3 aliphatic rings. The van der Waals surface area contributed by atoms with E-state index in [-0.39, 0.29) is 30.1 Å².